The number of likely N-dealkylation sites (tertiary alicyclic amines) is 1. The zero-order chi connectivity index (χ0) is 15.6. The van der Waals surface area contributed by atoms with Gasteiger partial charge in [-0.3, -0.25) is 0 Å². The van der Waals surface area contributed by atoms with Crippen LogP contribution in [0.1, 0.15) is 38.5 Å². The van der Waals surface area contributed by atoms with Crippen LogP contribution in [-0.4, -0.2) is 49.3 Å². The Morgan fingerprint density at radius 3 is 2.65 bits per heavy atom. The van der Waals surface area contributed by atoms with Crippen LogP contribution in [0.15, 0.2) is 11.5 Å². The van der Waals surface area contributed by atoms with Crippen LogP contribution in [-0.2, 0) is 6.54 Å². The number of hydrogen-bond donors (Lipinski definition) is 1. The predicted molar refractivity (Wildman–Crippen MR) is 93.5 cm³/mol. The third kappa shape index (κ3) is 3.30. The van der Waals surface area contributed by atoms with Crippen molar-refractivity contribution in [2.24, 2.45) is 0 Å². The van der Waals surface area contributed by atoms with Crippen molar-refractivity contribution in [2.75, 3.05) is 25.4 Å². The summed E-state index contributed by atoms with van der Waals surface area (Å²) < 4.78 is 2.13. The molecule has 0 aromatic carbocycles. The van der Waals surface area contributed by atoms with E-state index >= 15 is 0 Å². The second kappa shape index (κ2) is 6.65. The largest absolute Gasteiger partial charge is 0.382 e. The molecule has 2 N–H and O–H groups in total. The number of imidazole rings is 1. The van der Waals surface area contributed by atoms with Crippen LogP contribution in [0.3, 0.4) is 0 Å². The molecule has 0 radical (unpaired) electrons. The second-order valence-electron chi connectivity index (χ2n) is 6.57. The summed E-state index contributed by atoms with van der Waals surface area (Å²) in [6, 6.07) is 0. The third-order valence-electron chi connectivity index (χ3n) is 4.90. The summed E-state index contributed by atoms with van der Waals surface area (Å²) in [6.07, 6.45) is 9.67. The minimum atomic E-state index is 0.510. The summed E-state index contributed by atoms with van der Waals surface area (Å²) in [5.74, 6) is 0.510. The molecule has 1 saturated carbocycles. The predicted octanol–water partition coefficient (Wildman–Crippen LogP) is 2.54. The Morgan fingerprint density at radius 1 is 1.09 bits per heavy atom. The summed E-state index contributed by atoms with van der Waals surface area (Å²) in [6.45, 7) is 4.40. The normalized spacial score (nSPS) is 20.0. The fourth-order valence-electron chi connectivity index (χ4n) is 3.57. The molecule has 2 aliphatic rings. The van der Waals surface area contributed by atoms with Crippen LogP contribution in [0.5, 0.6) is 0 Å². The van der Waals surface area contributed by atoms with E-state index in [1.807, 2.05) is 6.33 Å². The first kappa shape index (κ1) is 15.2. The standard InChI is InChI=1S/C16H24N6S/c17-14-13-15(20-16(19-14)23-12-5-1-2-6-12)22(11-18-13)10-9-21-7-3-4-8-21/h11-12H,1-10H2,(H2,17,19,20). The van der Waals surface area contributed by atoms with E-state index in [1.54, 1.807) is 11.8 Å². The van der Waals surface area contributed by atoms with Gasteiger partial charge in [-0.25, -0.2) is 15.0 Å². The molecule has 0 atom stereocenters. The van der Waals surface area contributed by atoms with Crippen LogP contribution >= 0.6 is 11.8 Å². The minimum absolute atomic E-state index is 0.510. The highest BCUT2D eigenvalue weighted by atomic mass is 32.2. The van der Waals surface area contributed by atoms with Gasteiger partial charge in [0, 0.05) is 18.3 Å². The van der Waals surface area contributed by atoms with Gasteiger partial charge in [-0.05, 0) is 38.8 Å². The van der Waals surface area contributed by atoms with Gasteiger partial charge in [-0.2, -0.15) is 0 Å². The lowest BCUT2D eigenvalue weighted by molar-refractivity contribution is 0.324. The van der Waals surface area contributed by atoms with Gasteiger partial charge in [-0.15, -0.1) is 0 Å². The molecule has 2 fully saturated rings. The molecule has 2 aromatic heterocycles. The first-order valence-electron chi connectivity index (χ1n) is 8.67. The fraction of sp³-hybridized carbons (Fsp3) is 0.688. The molecule has 6 nitrogen and oxygen atoms in total. The molecule has 1 saturated heterocycles. The maximum atomic E-state index is 6.11. The van der Waals surface area contributed by atoms with Crippen molar-refractivity contribution in [1.82, 2.24) is 24.4 Å². The average molecular weight is 332 g/mol. The van der Waals surface area contributed by atoms with E-state index in [1.165, 1.54) is 51.6 Å². The summed E-state index contributed by atoms with van der Waals surface area (Å²) in [5, 5.41) is 1.46. The Bertz CT molecular complexity index is 673. The van der Waals surface area contributed by atoms with Gasteiger partial charge >= 0.3 is 0 Å². The van der Waals surface area contributed by atoms with Crippen LogP contribution in [0.25, 0.3) is 11.2 Å². The maximum Gasteiger partial charge on any atom is 0.191 e. The van der Waals surface area contributed by atoms with Gasteiger partial charge in [-0.1, -0.05) is 24.6 Å². The number of thioether (sulfide) groups is 1. The first-order chi connectivity index (χ1) is 11.3. The molecule has 0 unspecified atom stereocenters. The molecule has 7 heteroatoms. The van der Waals surface area contributed by atoms with E-state index in [0.717, 1.165) is 29.4 Å². The highest BCUT2D eigenvalue weighted by Crippen LogP contribution is 2.34. The Balaban J connectivity index is 1.54. The Morgan fingerprint density at radius 2 is 1.87 bits per heavy atom. The van der Waals surface area contributed by atoms with E-state index in [4.69, 9.17) is 10.7 Å². The SMILES string of the molecule is Nc1nc(SC2CCCC2)nc2c1ncn2CCN1CCCC1. The second-order valence-corrected chi connectivity index (χ2v) is 7.84. The van der Waals surface area contributed by atoms with E-state index in [9.17, 15) is 0 Å². The van der Waals surface area contributed by atoms with Crippen molar-refractivity contribution in [3.8, 4) is 0 Å². The van der Waals surface area contributed by atoms with Crippen LogP contribution in [0.2, 0.25) is 0 Å². The summed E-state index contributed by atoms with van der Waals surface area (Å²) in [5.41, 5.74) is 7.74. The van der Waals surface area contributed by atoms with E-state index in [-0.39, 0.29) is 0 Å². The van der Waals surface area contributed by atoms with E-state index < -0.39 is 0 Å². The number of nitrogen functional groups attached to an aromatic ring is 1. The zero-order valence-electron chi connectivity index (χ0n) is 13.4. The van der Waals surface area contributed by atoms with Gasteiger partial charge in [0.05, 0.1) is 6.33 Å². The van der Waals surface area contributed by atoms with Gasteiger partial charge < -0.3 is 15.2 Å². The lowest BCUT2D eigenvalue weighted by Gasteiger charge is -2.15. The number of nitrogens with two attached hydrogens (primary N) is 1. The molecule has 4 rings (SSSR count). The maximum absolute atomic E-state index is 6.11. The van der Waals surface area contributed by atoms with Crippen molar-refractivity contribution in [2.45, 2.75) is 55.5 Å². The zero-order valence-corrected chi connectivity index (χ0v) is 14.3. The van der Waals surface area contributed by atoms with Crippen LogP contribution in [0, 0.1) is 0 Å². The third-order valence-corrected chi connectivity index (χ3v) is 6.10. The molecule has 23 heavy (non-hydrogen) atoms. The van der Waals surface area contributed by atoms with Crippen LogP contribution in [0.4, 0.5) is 5.82 Å². The van der Waals surface area contributed by atoms with E-state index in [0.29, 0.717) is 11.1 Å². The lowest BCUT2D eigenvalue weighted by atomic mass is 10.4. The molecule has 2 aromatic rings. The molecule has 124 valence electrons. The lowest BCUT2D eigenvalue weighted by Crippen LogP contribution is -2.24. The van der Waals surface area contributed by atoms with Gasteiger partial charge in [0.2, 0.25) is 0 Å². The quantitative estimate of drug-likeness (QED) is 0.848. The number of hydrogen-bond acceptors (Lipinski definition) is 6. The molecule has 1 aliphatic heterocycles. The highest BCUT2D eigenvalue weighted by molar-refractivity contribution is 7.99. The van der Waals surface area contributed by atoms with E-state index in [2.05, 4.69) is 19.4 Å². The minimum Gasteiger partial charge on any atom is -0.382 e. The Kier molecular flexibility index (Phi) is 4.39. The Hall–Kier alpha value is -1.34. The summed E-state index contributed by atoms with van der Waals surface area (Å²) >= 11 is 1.78. The Labute approximate surface area is 140 Å². The number of aromatic nitrogens is 4. The number of nitrogens with zero attached hydrogens (tertiary/aromatic N) is 5. The smallest absolute Gasteiger partial charge is 0.191 e. The van der Waals surface area contributed by atoms with Gasteiger partial charge in [0.1, 0.15) is 5.52 Å². The average Bonchev–Trinajstić information content (AvgIpc) is 3.27. The molecule has 3 heterocycles. The van der Waals surface area contributed by atoms with Crippen molar-refractivity contribution >= 4 is 28.7 Å². The first-order valence-corrected chi connectivity index (χ1v) is 9.55. The number of fused-ring (bicyclic) bond motifs is 1. The summed E-state index contributed by atoms with van der Waals surface area (Å²) in [7, 11) is 0. The van der Waals surface area contributed by atoms with Crippen molar-refractivity contribution in [3.63, 3.8) is 0 Å². The van der Waals surface area contributed by atoms with Gasteiger partial charge in [0.25, 0.3) is 0 Å². The van der Waals surface area contributed by atoms with Crippen LogP contribution < -0.4 is 5.73 Å². The summed E-state index contributed by atoms with van der Waals surface area (Å²) in [4.78, 5) is 16.1. The number of anilines is 1. The molecule has 1 aliphatic carbocycles. The molecule has 0 spiro atoms. The fourth-order valence-corrected chi connectivity index (χ4v) is 4.73. The van der Waals surface area contributed by atoms with Crippen molar-refractivity contribution in [1.29, 1.82) is 0 Å². The molecular weight excluding hydrogens is 308 g/mol. The van der Waals surface area contributed by atoms with Gasteiger partial charge in [0.15, 0.2) is 16.6 Å². The van der Waals surface area contributed by atoms with Crippen molar-refractivity contribution in [3.05, 3.63) is 6.33 Å². The molecule has 0 bridgehead atoms. The molecule has 0 amide bonds. The monoisotopic (exact) mass is 332 g/mol. The van der Waals surface area contributed by atoms with Crippen molar-refractivity contribution < 1.29 is 0 Å². The topological polar surface area (TPSA) is 72.9 Å². The molecular formula is C16H24N6S. The number of rotatable bonds is 5. The highest BCUT2D eigenvalue weighted by Gasteiger charge is 2.20.